The summed E-state index contributed by atoms with van der Waals surface area (Å²) in [6.45, 7) is 1.81. The van der Waals surface area contributed by atoms with E-state index in [9.17, 15) is 9.59 Å². The van der Waals surface area contributed by atoms with E-state index in [2.05, 4.69) is 15.5 Å². The molecular formula is C19H26ClN3O4. The second kappa shape index (κ2) is 8.91. The van der Waals surface area contributed by atoms with E-state index in [4.69, 9.17) is 21.1 Å². The van der Waals surface area contributed by atoms with Gasteiger partial charge in [-0.15, -0.1) is 0 Å². The molecule has 1 aromatic rings. The van der Waals surface area contributed by atoms with Gasteiger partial charge in [0.1, 0.15) is 6.04 Å². The number of amides is 2. The quantitative estimate of drug-likeness (QED) is 0.568. The number of nitrogens with zero attached hydrogens (tertiary/aromatic N) is 1. The van der Waals surface area contributed by atoms with Gasteiger partial charge in [-0.3, -0.25) is 14.9 Å². The van der Waals surface area contributed by atoms with E-state index in [0.717, 1.165) is 31.6 Å². The van der Waals surface area contributed by atoms with E-state index in [1.807, 2.05) is 18.2 Å². The summed E-state index contributed by atoms with van der Waals surface area (Å²) in [5, 5.41) is 6.04. The highest BCUT2D eigenvalue weighted by atomic mass is 35.5. The fourth-order valence-corrected chi connectivity index (χ4v) is 3.98. The maximum Gasteiger partial charge on any atom is 0.249 e. The van der Waals surface area contributed by atoms with Crippen LogP contribution in [-0.4, -0.2) is 51.5 Å². The number of ether oxygens (including phenoxy) is 2. The first kappa shape index (κ1) is 19.9. The summed E-state index contributed by atoms with van der Waals surface area (Å²) in [5.41, 5.74) is 1.75. The highest BCUT2D eigenvalue weighted by Gasteiger charge is 2.28. The minimum Gasteiger partial charge on any atom is -0.372 e. The highest BCUT2D eigenvalue weighted by molar-refractivity contribution is 6.33. The fraction of sp³-hybridized carbons (Fsp3) is 0.579. The monoisotopic (exact) mass is 395 g/mol. The molecule has 1 atom stereocenters. The number of hydrogen-bond acceptors (Lipinski definition) is 6. The van der Waals surface area contributed by atoms with E-state index in [0.29, 0.717) is 29.5 Å². The Labute approximate surface area is 164 Å². The Morgan fingerprint density at radius 2 is 1.89 bits per heavy atom. The number of carbonyl (C=O) groups is 2. The fourth-order valence-electron chi connectivity index (χ4n) is 3.75. The normalized spacial score (nSPS) is 21.5. The standard InChI is InChI=1S/C19H26ClN3O4/c1-26-19(27-2)12-7-9-23(10-8-12)13-3-4-15(14(20)11-13)21-16-5-6-17(24)22-18(16)25/h3-4,11-12,16,19,21H,5-10H2,1-2H3,(H,22,24,25). The van der Waals surface area contributed by atoms with Crippen LogP contribution < -0.4 is 15.5 Å². The molecule has 7 nitrogen and oxygen atoms in total. The average Bonchev–Trinajstić information content (AvgIpc) is 2.67. The lowest BCUT2D eigenvalue weighted by atomic mass is 9.95. The number of rotatable bonds is 6. The number of piperidine rings is 2. The first-order valence-electron chi connectivity index (χ1n) is 9.22. The van der Waals surface area contributed by atoms with Crippen molar-refractivity contribution in [2.24, 2.45) is 5.92 Å². The second-order valence-electron chi connectivity index (χ2n) is 6.98. The van der Waals surface area contributed by atoms with Crippen LogP contribution in [0, 0.1) is 5.92 Å². The molecule has 0 spiro atoms. The Morgan fingerprint density at radius 1 is 1.19 bits per heavy atom. The van der Waals surface area contributed by atoms with E-state index in [-0.39, 0.29) is 18.1 Å². The highest BCUT2D eigenvalue weighted by Crippen LogP contribution is 2.32. The van der Waals surface area contributed by atoms with Gasteiger partial charge < -0.3 is 19.7 Å². The van der Waals surface area contributed by atoms with Gasteiger partial charge in [-0.25, -0.2) is 0 Å². The van der Waals surface area contributed by atoms with Gasteiger partial charge in [0.15, 0.2) is 6.29 Å². The van der Waals surface area contributed by atoms with Crippen LogP contribution in [-0.2, 0) is 19.1 Å². The summed E-state index contributed by atoms with van der Waals surface area (Å²) in [7, 11) is 3.35. The molecule has 2 aliphatic rings. The molecule has 2 heterocycles. The number of nitrogens with one attached hydrogen (secondary N) is 2. The van der Waals surface area contributed by atoms with Crippen LogP contribution in [0.15, 0.2) is 18.2 Å². The molecule has 0 saturated carbocycles. The van der Waals surface area contributed by atoms with E-state index in [1.54, 1.807) is 14.2 Å². The summed E-state index contributed by atoms with van der Waals surface area (Å²) in [4.78, 5) is 25.5. The smallest absolute Gasteiger partial charge is 0.249 e. The molecule has 2 aliphatic heterocycles. The van der Waals surface area contributed by atoms with Crippen molar-refractivity contribution in [2.75, 3.05) is 37.5 Å². The molecule has 3 rings (SSSR count). The third kappa shape index (κ3) is 4.72. The van der Waals surface area contributed by atoms with Gasteiger partial charge >= 0.3 is 0 Å². The lowest BCUT2D eigenvalue weighted by Crippen LogP contribution is -2.47. The van der Waals surface area contributed by atoms with Crippen molar-refractivity contribution in [1.29, 1.82) is 0 Å². The van der Waals surface area contributed by atoms with Gasteiger partial charge in [0.2, 0.25) is 11.8 Å². The Bertz CT molecular complexity index is 688. The molecule has 2 amide bonds. The Balaban J connectivity index is 1.60. The molecule has 0 aliphatic carbocycles. The predicted octanol–water partition coefficient (Wildman–Crippen LogP) is 2.39. The summed E-state index contributed by atoms with van der Waals surface area (Å²) in [5.74, 6) is -0.147. The zero-order valence-electron chi connectivity index (χ0n) is 15.7. The third-order valence-electron chi connectivity index (χ3n) is 5.28. The number of methoxy groups -OCH3 is 2. The molecule has 1 unspecified atom stereocenters. The largest absolute Gasteiger partial charge is 0.372 e. The number of halogens is 1. The molecule has 148 valence electrons. The summed E-state index contributed by atoms with van der Waals surface area (Å²) < 4.78 is 10.8. The maximum absolute atomic E-state index is 11.9. The molecule has 8 heteroatoms. The summed E-state index contributed by atoms with van der Waals surface area (Å²) in [6.07, 6.45) is 2.62. The van der Waals surface area contributed by atoms with Gasteiger partial charge in [0.05, 0.1) is 10.7 Å². The van der Waals surface area contributed by atoms with E-state index >= 15 is 0 Å². The van der Waals surface area contributed by atoms with Crippen molar-refractivity contribution in [1.82, 2.24) is 5.32 Å². The van der Waals surface area contributed by atoms with Gasteiger partial charge in [-0.05, 0) is 37.5 Å². The van der Waals surface area contributed by atoms with E-state index < -0.39 is 6.04 Å². The number of anilines is 2. The van der Waals surface area contributed by atoms with Gasteiger partial charge in [-0.1, -0.05) is 11.6 Å². The van der Waals surface area contributed by atoms with Gasteiger partial charge in [-0.2, -0.15) is 0 Å². The lowest BCUT2D eigenvalue weighted by molar-refractivity contribution is -0.141. The molecule has 2 fully saturated rings. The zero-order chi connectivity index (χ0) is 19.4. The molecule has 27 heavy (non-hydrogen) atoms. The number of carbonyl (C=O) groups excluding carboxylic acids is 2. The van der Waals surface area contributed by atoms with Crippen molar-refractivity contribution in [3.05, 3.63) is 23.2 Å². The Hall–Kier alpha value is -1.83. The zero-order valence-corrected chi connectivity index (χ0v) is 16.4. The van der Waals surface area contributed by atoms with Crippen molar-refractivity contribution in [3.8, 4) is 0 Å². The molecule has 0 radical (unpaired) electrons. The topological polar surface area (TPSA) is 79.9 Å². The van der Waals surface area contributed by atoms with Crippen molar-refractivity contribution < 1.29 is 19.1 Å². The van der Waals surface area contributed by atoms with Crippen LogP contribution in [0.3, 0.4) is 0 Å². The van der Waals surface area contributed by atoms with Crippen LogP contribution in [0.1, 0.15) is 25.7 Å². The molecule has 2 N–H and O–H groups in total. The number of hydrogen-bond donors (Lipinski definition) is 2. The predicted molar refractivity (Wildman–Crippen MR) is 104 cm³/mol. The van der Waals surface area contributed by atoms with Crippen molar-refractivity contribution >= 4 is 34.8 Å². The molecular weight excluding hydrogens is 370 g/mol. The van der Waals surface area contributed by atoms with Gasteiger partial charge in [0.25, 0.3) is 0 Å². The van der Waals surface area contributed by atoms with E-state index in [1.165, 1.54) is 0 Å². The molecule has 1 aromatic carbocycles. The van der Waals surface area contributed by atoms with Crippen LogP contribution >= 0.6 is 11.6 Å². The SMILES string of the molecule is COC(OC)C1CCN(c2ccc(NC3CCC(=O)NC3=O)c(Cl)c2)CC1. The first-order valence-corrected chi connectivity index (χ1v) is 9.60. The van der Waals surface area contributed by atoms with Crippen molar-refractivity contribution in [2.45, 2.75) is 38.0 Å². The molecule has 0 aromatic heterocycles. The first-order chi connectivity index (χ1) is 13.0. The van der Waals surface area contributed by atoms with Crippen LogP contribution in [0.2, 0.25) is 5.02 Å². The van der Waals surface area contributed by atoms with Crippen LogP contribution in [0.25, 0.3) is 0 Å². The third-order valence-corrected chi connectivity index (χ3v) is 5.59. The molecule has 0 bridgehead atoms. The summed E-state index contributed by atoms with van der Waals surface area (Å²) in [6, 6.07) is 5.37. The maximum atomic E-state index is 11.9. The van der Waals surface area contributed by atoms with Crippen molar-refractivity contribution in [3.63, 3.8) is 0 Å². The van der Waals surface area contributed by atoms with Gasteiger partial charge in [0, 0.05) is 45.3 Å². The number of benzene rings is 1. The lowest BCUT2D eigenvalue weighted by Gasteiger charge is -2.36. The second-order valence-corrected chi connectivity index (χ2v) is 7.38. The minimum atomic E-state index is -0.443. The average molecular weight is 396 g/mol. The van der Waals surface area contributed by atoms with Crippen LogP contribution in [0.5, 0.6) is 0 Å². The number of imide groups is 1. The minimum absolute atomic E-state index is 0.157. The Morgan fingerprint density at radius 3 is 2.48 bits per heavy atom. The molecule has 2 saturated heterocycles. The van der Waals surface area contributed by atoms with Crippen LogP contribution in [0.4, 0.5) is 11.4 Å². The Kier molecular flexibility index (Phi) is 6.57. The summed E-state index contributed by atoms with van der Waals surface area (Å²) >= 11 is 6.44.